The fraction of sp³-hybridized carbons (Fsp3) is 0.217. The standard InChI is InChI=1S/C23H20BrN3O3S/c1-11-19(14(4)28)12(2)26-20(11)21(29)13(3)27-10-25-17-9-18(31-22(17)23(27)30)15-5-7-16(24)8-6-15/h5-10,13,26H,1-4H3. The van der Waals surface area contributed by atoms with Gasteiger partial charge in [-0.25, -0.2) is 4.98 Å². The van der Waals surface area contributed by atoms with E-state index in [9.17, 15) is 14.4 Å². The molecule has 0 aliphatic heterocycles. The van der Waals surface area contributed by atoms with Gasteiger partial charge in [-0.05, 0) is 57.0 Å². The Hall–Kier alpha value is -2.84. The second kappa shape index (κ2) is 8.01. The highest BCUT2D eigenvalue weighted by Crippen LogP contribution is 2.32. The number of rotatable bonds is 5. The van der Waals surface area contributed by atoms with E-state index in [1.165, 1.54) is 29.2 Å². The van der Waals surface area contributed by atoms with Gasteiger partial charge in [0.1, 0.15) is 4.70 Å². The van der Waals surface area contributed by atoms with Crippen molar-refractivity contribution in [2.24, 2.45) is 0 Å². The van der Waals surface area contributed by atoms with E-state index in [-0.39, 0.29) is 17.1 Å². The van der Waals surface area contributed by atoms with E-state index in [0.717, 1.165) is 14.9 Å². The molecule has 0 fully saturated rings. The number of fused-ring (bicyclic) bond motifs is 1. The summed E-state index contributed by atoms with van der Waals surface area (Å²) in [5, 5.41) is 0. The van der Waals surface area contributed by atoms with Gasteiger partial charge in [0.05, 0.1) is 23.6 Å². The first-order valence-corrected chi connectivity index (χ1v) is 11.3. The third-order valence-corrected chi connectivity index (χ3v) is 7.11. The lowest BCUT2D eigenvalue weighted by molar-refractivity contribution is 0.0927. The number of benzene rings is 1. The second-order valence-electron chi connectivity index (χ2n) is 7.51. The molecule has 0 amide bonds. The number of ketones is 2. The highest BCUT2D eigenvalue weighted by molar-refractivity contribution is 9.10. The lowest BCUT2D eigenvalue weighted by Gasteiger charge is -2.13. The summed E-state index contributed by atoms with van der Waals surface area (Å²) < 4.78 is 2.84. The van der Waals surface area contributed by atoms with Crippen molar-refractivity contribution in [3.8, 4) is 10.4 Å². The molecule has 1 aromatic carbocycles. The van der Waals surface area contributed by atoms with Crippen LogP contribution in [0.15, 0.2) is 45.9 Å². The lowest BCUT2D eigenvalue weighted by atomic mass is 10.0. The van der Waals surface area contributed by atoms with Crippen LogP contribution in [-0.4, -0.2) is 26.1 Å². The quantitative estimate of drug-likeness (QED) is 0.370. The Morgan fingerprint density at radius 3 is 2.48 bits per heavy atom. The van der Waals surface area contributed by atoms with Crippen molar-refractivity contribution in [2.45, 2.75) is 33.7 Å². The van der Waals surface area contributed by atoms with Crippen molar-refractivity contribution >= 4 is 49.0 Å². The van der Waals surface area contributed by atoms with Crippen LogP contribution in [0.25, 0.3) is 20.7 Å². The average Bonchev–Trinajstić information content (AvgIpc) is 3.29. The molecule has 3 heterocycles. The average molecular weight is 498 g/mol. The minimum Gasteiger partial charge on any atom is -0.355 e. The highest BCUT2D eigenvalue weighted by Gasteiger charge is 2.26. The molecular formula is C23H20BrN3O3S. The molecule has 0 aliphatic rings. The molecule has 0 aliphatic carbocycles. The highest BCUT2D eigenvalue weighted by atomic mass is 79.9. The maximum atomic E-state index is 13.2. The largest absolute Gasteiger partial charge is 0.355 e. The minimum absolute atomic E-state index is 0.0998. The van der Waals surface area contributed by atoms with E-state index < -0.39 is 6.04 Å². The van der Waals surface area contributed by atoms with Crippen LogP contribution in [0, 0.1) is 13.8 Å². The number of H-pyrrole nitrogens is 1. The minimum atomic E-state index is -0.765. The van der Waals surface area contributed by atoms with Crippen LogP contribution >= 0.6 is 27.3 Å². The maximum absolute atomic E-state index is 13.2. The summed E-state index contributed by atoms with van der Waals surface area (Å²) in [5.74, 6) is -0.363. The number of nitrogens with one attached hydrogen (secondary N) is 1. The number of nitrogens with zero attached hydrogens (tertiary/aromatic N) is 2. The molecule has 0 saturated heterocycles. The van der Waals surface area contributed by atoms with Gasteiger partial charge in [0.2, 0.25) is 5.78 Å². The van der Waals surface area contributed by atoms with Gasteiger partial charge >= 0.3 is 0 Å². The number of aromatic nitrogens is 3. The molecular weight excluding hydrogens is 478 g/mol. The second-order valence-corrected chi connectivity index (χ2v) is 9.48. The third kappa shape index (κ3) is 3.70. The molecule has 1 unspecified atom stereocenters. The normalized spacial score (nSPS) is 12.3. The number of aryl methyl sites for hydroxylation is 1. The van der Waals surface area contributed by atoms with Gasteiger partial charge in [-0.15, -0.1) is 11.3 Å². The lowest BCUT2D eigenvalue weighted by Crippen LogP contribution is -2.28. The zero-order valence-electron chi connectivity index (χ0n) is 17.4. The third-order valence-electron chi connectivity index (χ3n) is 5.42. The number of carbonyl (C=O) groups is 2. The molecule has 0 radical (unpaired) electrons. The van der Waals surface area contributed by atoms with Crippen molar-refractivity contribution in [1.29, 1.82) is 0 Å². The van der Waals surface area contributed by atoms with Crippen LogP contribution in [0.4, 0.5) is 0 Å². The van der Waals surface area contributed by atoms with E-state index >= 15 is 0 Å². The van der Waals surface area contributed by atoms with E-state index in [1.807, 2.05) is 30.3 Å². The first-order chi connectivity index (χ1) is 14.7. The first-order valence-electron chi connectivity index (χ1n) is 9.70. The summed E-state index contributed by atoms with van der Waals surface area (Å²) >= 11 is 4.79. The Kier molecular flexibility index (Phi) is 5.53. The SMILES string of the molecule is CC(=O)c1c(C)[nH]c(C(=O)C(C)n2cnc3cc(-c4ccc(Br)cc4)sc3c2=O)c1C. The summed E-state index contributed by atoms with van der Waals surface area (Å²) in [7, 11) is 0. The zero-order chi connectivity index (χ0) is 22.4. The van der Waals surface area contributed by atoms with Crippen molar-refractivity contribution in [1.82, 2.24) is 14.5 Å². The van der Waals surface area contributed by atoms with Crippen LogP contribution in [0.5, 0.6) is 0 Å². The number of hydrogen-bond acceptors (Lipinski definition) is 5. The van der Waals surface area contributed by atoms with Crippen molar-refractivity contribution in [2.75, 3.05) is 0 Å². The number of halogens is 1. The van der Waals surface area contributed by atoms with Gasteiger partial charge in [-0.2, -0.15) is 0 Å². The summed E-state index contributed by atoms with van der Waals surface area (Å²) in [6.45, 7) is 6.65. The number of hydrogen-bond donors (Lipinski definition) is 1. The molecule has 0 bridgehead atoms. The predicted octanol–water partition coefficient (Wildman–Crippen LogP) is 5.48. The fourth-order valence-electron chi connectivity index (χ4n) is 3.82. The van der Waals surface area contributed by atoms with E-state index in [0.29, 0.717) is 32.7 Å². The van der Waals surface area contributed by atoms with Crippen LogP contribution in [-0.2, 0) is 0 Å². The van der Waals surface area contributed by atoms with Crippen LogP contribution in [0.1, 0.15) is 52.0 Å². The molecule has 31 heavy (non-hydrogen) atoms. The summed E-state index contributed by atoms with van der Waals surface area (Å²) in [5.41, 5.74) is 3.48. The van der Waals surface area contributed by atoms with Crippen LogP contribution in [0.2, 0.25) is 0 Å². The Bertz CT molecular complexity index is 1400. The molecule has 1 atom stereocenters. The van der Waals surface area contributed by atoms with Gasteiger partial charge in [0.25, 0.3) is 5.56 Å². The number of carbonyl (C=O) groups excluding carboxylic acids is 2. The van der Waals surface area contributed by atoms with E-state index in [4.69, 9.17) is 0 Å². The maximum Gasteiger partial charge on any atom is 0.271 e. The van der Waals surface area contributed by atoms with Gasteiger partial charge in [0.15, 0.2) is 5.78 Å². The first kappa shape index (κ1) is 21.4. The van der Waals surface area contributed by atoms with Crippen LogP contribution in [0.3, 0.4) is 0 Å². The smallest absolute Gasteiger partial charge is 0.271 e. The fourth-order valence-corrected chi connectivity index (χ4v) is 5.13. The Balaban J connectivity index is 1.74. The van der Waals surface area contributed by atoms with Crippen molar-refractivity contribution in [3.63, 3.8) is 0 Å². The number of Topliss-reactive ketones (excluding diaryl/α,β-unsaturated/α-hetero) is 2. The zero-order valence-corrected chi connectivity index (χ0v) is 19.8. The molecule has 1 N–H and O–H groups in total. The molecule has 8 heteroatoms. The van der Waals surface area contributed by atoms with Gasteiger partial charge in [-0.3, -0.25) is 19.0 Å². The Morgan fingerprint density at radius 2 is 1.87 bits per heavy atom. The molecule has 0 spiro atoms. The summed E-state index contributed by atoms with van der Waals surface area (Å²) in [4.78, 5) is 46.6. The monoisotopic (exact) mass is 497 g/mol. The molecule has 6 nitrogen and oxygen atoms in total. The van der Waals surface area contributed by atoms with Gasteiger partial charge < -0.3 is 4.98 Å². The Labute approximate surface area is 191 Å². The molecule has 4 rings (SSSR count). The molecule has 3 aromatic heterocycles. The molecule has 4 aromatic rings. The number of aromatic amines is 1. The Morgan fingerprint density at radius 1 is 1.19 bits per heavy atom. The topological polar surface area (TPSA) is 84.8 Å². The molecule has 0 saturated carbocycles. The predicted molar refractivity (Wildman–Crippen MR) is 126 cm³/mol. The van der Waals surface area contributed by atoms with E-state index in [1.54, 1.807) is 20.8 Å². The van der Waals surface area contributed by atoms with Crippen LogP contribution < -0.4 is 5.56 Å². The molecule has 158 valence electrons. The summed E-state index contributed by atoms with van der Waals surface area (Å²) in [6, 6.07) is 8.97. The van der Waals surface area contributed by atoms with Crippen molar-refractivity contribution in [3.05, 3.63) is 74.0 Å². The number of thiophene rings is 1. The summed E-state index contributed by atoms with van der Waals surface area (Å²) in [6.07, 6.45) is 1.42. The van der Waals surface area contributed by atoms with E-state index in [2.05, 4.69) is 25.9 Å². The van der Waals surface area contributed by atoms with Crippen molar-refractivity contribution < 1.29 is 9.59 Å². The van der Waals surface area contributed by atoms with Gasteiger partial charge in [0, 0.05) is 20.6 Å². The van der Waals surface area contributed by atoms with Gasteiger partial charge in [-0.1, -0.05) is 28.1 Å².